The maximum atomic E-state index is 11.7. The zero-order valence-electron chi connectivity index (χ0n) is 9.66. The lowest BCUT2D eigenvalue weighted by Crippen LogP contribution is -2.41. The maximum Gasteiger partial charge on any atom is 0.279 e. The minimum atomic E-state index is -3.26. The Morgan fingerprint density at radius 3 is 2.20 bits per heavy atom. The third-order valence-corrected chi connectivity index (χ3v) is 5.10. The average molecular weight is 301 g/mol. The van der Waals surface area contributed by atoms with Crippen LogP contribution in [-0.2, 0) is 10.2 Å². The standard InChI is InChI=1S/C9H21BrN2O2S/c1-4-9(10)7-8-11-15(13,14)12(5-2)6-3/h9,11H,4-8H2,1-3H3. The second-order valence-electron chi connectivity index (χ2n) is 3.28. The number of rotatable bonds is 8. The summed E-state index contributed by atoms with van der Waals surface area (Å²) in [7, 11) is -3.26. The Morgan fingerprint density at radius 1 is 1.27 bits per heavy atom. The van der Waals surface area contributed by atoms with Gasteiger partial charge in [0.15, 0.2) is 0 Å². The van der Waals surface area contributed by atoms with Crippen molar-refractivity contribution >= 4 is 26.1 Å². The molecule has 6 heteroatoms. The van der Waals surface area contributed by atoms with E-state index in [4.69, 9.17) is 0 Å². The molecule has 0 aliphatic heterocycles. The van der Waals surface area contributed by atoms with Gasteiger partial charge < -0.3 is 0 Å². The summed E-state index contributed by atoms with van der Waals surface area (Å²) in [5.74, 6) is 0. The molecule has 0 aliphatic rings. The topological polar surface area (TPSA) is 49.4 Å². The summed E-state index contributed by atoms with van der Waals surface area (Å²) in [6.45, 7) is 7.25. The van der Waals surface area contributed by atoms with Crippen molar-refractivity contribution in [1.29, 1.82) is 0 Å². The minimum Gasteiger partial charge on any atom is -0.202 e. The Kier molecular flexibility index (Phi) is 7.77. The lowest BCUT2D eigenvalue weighted by Gasteiger charge is -2.19. The number of halogens is 1. The van der Waals surface area contributed by atoms with Crippen molar-refractivity contribution in [2.45, 2.75) is 38.4 Å². The van der Waals surface area contributed by atoms with E-state index in [2.05, 4.69) is 27.6 Å². The Morgan fingerprint density at radius 2 is 1.80 bits per heavy atom. The van der Waals surface area contributed by atoms with Crippen LogP contribution < -0.4 is 4.72 Å². The summed E-state index contributed by atoms with van der Waals surface area (Å²) in [6, 6.07) is 0. The Labute approximate surface area is 102 Å². The van der Waals surface area contributed by atoms with Crippen molar-refractivity contribution in [3.8, 4) is 0 Å². The van der Waals surface area contributed by atoms with Gasteiger partial charge in [-0.3, -0.25) is 0 Å². The molecule has 0 saturated heterocycles. The molecule has 0 rings (SSSR count). The summed E-state index contributed by atoms with van der Waals surface area (Å²) >= 11 is 3.47. The van der Waals surface area contributed by atoms with Gasteiger partial charge in [0.05, 0.1) is 0 Å². The van der Waals surface area contributed by atoms with E-state index < -0.39 is 10.2 Å². The van der Waals surface area contributed by atoms with Crippen molar-refractivity contribution in [2.75, 3.05) is 19.6 Å². The van der Waals surface area contributed by atoms with Gasteiger partial charge in [-0.15, -0.1) is 0 Å². The van der Waals surface area contributed by atoms with Crippen molar-refractivity contribution in [3.63, 3.8) is 0 Å². The van der Waals surface area contributed by atoms with Gasteiger partial charge in [-0.05, 0) is 12.8 Å². The van der Waals surface area contributed by atoms with Crippen LogP contribution in [-0.4, -0.2) is 37.2 Å². The van der Waals surface area contributed by atoms with Crippen molar-refractivity contribution in [3.05, 3.63) is 0 Å². The molecule has 1 unspecified atom stereocenters. The molecule has 0 amide bonds. The van der Waals surface area contributed by atoms with Crippen LogP contribution in [0.3, 0.4) is 0 Å². The van der Waals surface area contributed by atoms with Gasteiger partial charge in [0.2, 0.25) is 0 Å². The molecule has 0 saturated carbocycles. The second-order valence-corrected chi connectivity index (χ2v) is 6.33. The van der Waals surface area contributed by atoms with Gasteiger partial charge >= 0.3 is 0 Å². The van der Waals surface area contributed by atoms with Crippen molar-refractivity contribution < 1.29 is 8.42 Å². The molecular formula is C9H21BrN2O2S. The molecule has 0 aromatic heterocycles. The first-order valence-electron chi connectivity index (χ1n) is 5.36. The van der Waals surface area contributed by atoms with Crippen LogP contribution in [0.15, 0.2) is 0 Å². The number of alkyl halides is 1. The van der Waals surface area contributed by atoms with E-state index in [0.717, 1.165) is 12.8 Å². The van der Waals surface area contributed by atoms with E-state index in [9.17, 15) is 8.42 Å². The Hall–Kier alpha value is 0.350. The van der Waals surface area contributed by atoms with Gasteiger partial charge in [-0.25, -0.2) is 4.72 Å². The maximum absolute atomic E-state index is 11.7. The van der Waals surface area contributed by atoms with E-state index in [-0.39, 0.29) is 0 Å². The quantitative estimate of drug-likeness (QED) is 0.694. The fraction of sp³-hybridized carbons (Fsp3) is 1.00. The first-order valence-corrected chi connectivity index (χ1v) is 7.72. The molecule has 1 N–H and O–H groups in total. The van der Waals surface area contributed by atoms with Crippen molar-refractivity contribution in [1.82, 2.24) is 9.03 Å². The summed E-state index contributed by atoms with van der Waals surface area (Å²) in [5, 5.41) is 0. The predicted octanol–water partition coefficient (Wildman–Crippen LogP) is 1.73. The molecule has 1 atom stereocenters. The van der Waals surface area contributed by atoms with Gasteiger partial charge in [-0.1, -0.05) is 36.7 Å². The summed E-state index contributed by atoms with van der Waals surface area (Å²) in [5.41, 5.74) is 0. The lowest BCUT2D eigenvalue weighted by molar-refractivity contribution is 0.434. The van der Waals surface area contributed by atoms with E-state index in [1.807, 2.05) is 13.8 Å². The summed E-state index contributed by atoms with van der Waals surface area (Å²) < 4.78 is 27.3. The largest absolute Gasteiger partial charge is 0.279 e. The molecule has 0 spiro atoms. The number of hydrogen-bond donors (Lipinski definition) is 1. The SMILES string of the molecule is CCC(Br)CCNS(=O)(=O)N(CC)CC. The number of nitrogens with one attached hydrogen (secondary N) is 1. The average Bonchev–Trinajstić information content (AvgIpc) is 2.18. The summed E-state index contributed by atoms with van der Waals surface area (Å²) in [4.78, 5) is 0.386. The normalized spacial score (nSPS) is 14.5. The molecule has 0 bridgehead atoms. The van der Waals surface area contributed by atoms with E-state index in [1.165, 1.54) is 4.31 Å². The minimum absolute atomic E-state index is 0.386. The molecule has 15 heavy (non-hydrogen) atoms. The molecule has 0 heterocycles. The first-order chi connectivity index (χ1) is 6.97. The second kappa shape index (κ2) is 7.60. The van der Waals surface area contributed by atoms with E-state index in [1.54, 1.807) is 0 Å². The molecule has 0 radical (unpaired) electrons. The van der Waals surface area contributed by atoms with Gasteiger partial charge in [0.1, 0.15) is 0 Å². The van der Waals surface area contributed by atoms with Crippen LogP contribution >= 0.6 is 15.9 Å². The highest BCUT2D eigenvalue weighted by Crippen LogP contribution is 2.08. The third-order valence-electron chi connectivity index (χ3n) is 2.23. The Bertz CT molecular complexity index is 253. The third kappa shape index (κ3) is 5.85. The van der Waals surface area contributed by atoms with Crippen LogP contribution in [0.2, 0.25) is 0 Å². The van der Waals surface area contributed by atoms with E-state index in [0.29, 0.717) is 24.5 Å². The van der Waals surface area contributed by atoms with Crippen LogP contribution in [0.1, 0.15) is 33.6 Å². The number of hydrogen-bond acceptors (Lipinski definition) is 2. The molecule has 92 valence electrons. The molecular weight excluding hydrogens is 280 g/mol. The highest BCUT2D eigenvalue weighted by atomic mass is 79.9. The monoisotopic (exact) mass is 300 g/mol. The zero-order valence-corrected chi connectivity index (χ0v) is 12.1. The summed E-state index contributed by atoms with van der Waals surface area (Å²) in [6.07, 6.45) is 1.82. The number of nitrogens with zero attached hydrogens (tertiary/aromatic N) is 1. The molecule has 4 nitrogen and oxygen atoms in total. The highest BCUT2D eigenvalue weighted by molar-refractivity contribution is 9.09. The molecule has 0 aromatic rings. The first kappa shape index (κ1) is 15.3. The van der Waals surface area contributed by atoms with Crippen LogP contribution in [0.4, 0.5) is 0 Å². The van der Waals surface area contributed by atoms with Gasteiger partial charge in [-0.2, -0.15) is 12.7 Å². The zero-order chi connectivity index (χ0) is 11.9. The van der Waals surface area contributed by atoms with Crippen molar-refractivity contribution in [2.24, 2.45) is 0 Å². The van der Waals surface area contributed by atoms with E-state index >= 15 is 0 Å². The molecule has 0 aromatic carbocycles. The molecule has 0 fully saturated rings. The lowest BCUT2D eigenvalue weighted by atomic mass is 10.2. The van der Waals surface area contributed by atoms with Gasteiger partial charge in [0, 0.05) is 24.5 Å². The predicted molar refractivity (Wildman–Crippen MR) is 67.5 cm³/mol. The molecule has 0 aliphatic carbocycles. The smallest absolute Gasteiger partial charge is 0.202 e. The Balaban J connectivity index is 4.04. The van der Waals surface area contributed by atoms with Crippen LogP contribution in [0.25, 0.3) is 0 Å². The highest BCUT2D eigenvalue weighted by Gasteiger charge is 2.17. The van der Waals surface area contributed by atoms with Crippen LogP contribution in [0, 0.1) is 0 Å². The van der Waals surface area contributed by atoms with Crippen LogP contribution in [0.5, 0.6) is 0 Å². The fourth-order valence-electron chi connectivity index (χ4n) is 1.20. The van der Waals surface area contributed by atoms with Gasteiger partial charge in [0.25, 0.3) is 10.2 Å². The fourth-order valence-corrected chi connectivity index (χ4v) is 2.67.